The summed E-state index contributed by atoms with van der Waals surface area (Å²) in [6.45, 7) is 0. The van der Waals surface area contributed by atoms with Gasteiger partial charge in [-0.15, -0.1) is 108 Å². The summed E-state index contributed by atoms with van der Waals surface area (Å²) < 4.78 is 128. The molecule has 0 saturated heterocycles. The van der Waals surface area contributed by atoms with Gasteiger partial charge in [-0.05, 0) is 102 Å². The fourth-order valence-electron chi connectivity index (χ4n) is 11.7. The van der Waals surface area contributed by atoms with Gasteiger partial charge in [-0.25, -0.2) is 0 Å². The first-order valence-corrected chi connectivity index (χ1v) is 26.4. The van der Waals surface area contributed by atoms with Gasteiger partial charge in [-0.3, -0.25) is 0 Å². The van der Waals surface area contributed by atoms with E-state index in [9.17, 15) is 0 Å². The second-order valence-electron chi connectivity index (χ2n) is 20.8. The number of pyridine rings is 3. The van der Waals surface area contributed by atoms with Crippen LogP contribution in [-0.2, 0) is 20.1 Å². The summed E-state index contributed by atoms with van der Waals surface area (Å²) in [6, 6.07) is 69.6. The number of halogens is 8. The van der Waals surface area contributed by atoms with E-state index in [2.05, 4.69) is 28.2 Å². The van der Waals surface area contributed by atoms with Gasteiger partial charge >= 0.3 is 43.8 Å². The van der Waals surface area contributed by atoms with E-state index in [-0.39, 0.29) is 42.4 Å². The number of alkyl halides is 8. The Morgan fingerprint density at radius 3 is 1.15 bits per heavy atom. The number of aromatic nitrogens is 3. The van der Waals surface area contributed by atoms with Crippen LogP contribution in [0, 0.1) is 18.2 Å². The van der Waals surface area contributed by atoms with Gasteiger partial charge in [0.25, 0.3) is 0 Å². The minimum atomic E-state index is -4.49. The van der Waals surface area contributed by atoms with Crippen molar-refractivity contribution in [3.8, 4) is 78.3 Å². The zero-order valence-corrected chi connectivity index (χ0v) is 45.5. The maximum absolute atomic E-state index is 16.2. The molecule has 12 heteroatoms. The van der Waals surface area contributed by atoms with Crippen LogP contribution in [0.1, 0.15) is 71.6 Å². The molecule has 0 radical (unpaired) electrons. The third kappa shape index (κ3) is 10.9. The normalized spacial score (nSPS) is 19.7. The Kier molecular flexibility index (Phi) is 15.1. The molecule has 2 aliphatic rings. The minimum absolute atomic E-state index is 0. The van der Waals surface area contributed by atoms with E-state index >= 15 is 35.1 Å². The maximum atomic E-state index is 16.2. The van der Waals surface area contributed by atoms with Crippen LogP contribution >= 0.6 is 0 Å². The first-order chi connectivity index (χ1) is 38.6. The molecule has 3 nitrogen and oxygen atoms in total. The van der Waals surface area contributed by atoms with E-state index in [1.54, 1.807) is 103 Å². The Hall–Kier alpha value is -7.92. The molecule has 3 aromatic heterocycles. The van der Waals surface area contributed by atoms with Crippen LogP contribution in [0.2, 0.25) is 0 Å². The largest absolute Gasteiger partial charge is 3.00 e. The third-order valence-electron chi connectivity index (χ3n) is 15.9. The van der Waals surface area contributed by atoms with E-state index < -0.39 is 73.0 Å². The summed E-state index contributed by atoms with van der Waals surface area (Å²) in [6.07, 6.45) is -0.555. The van der Waals surface area contributed by atoms with Crippen molar-refractivity contribution >= 4 is 0 Å². The molecule has 7 aromatic carbocycles. The molecule has 4 atom stereocenters. The van der Waals surface area contributed by atoms with Crippen molar-refractivity contribution in [1.82, 2.24) is 15.0 Å². The Morgan fingerprint density at radius 1 is 0.309 bits per heavy atom. The molecule has 0 bridgehead atoms. The van der Waals surface area contributed by atoms with Crippen LogP contribution < -0.4 is 0 Å². The van der Waals surface area contributed by atoms with Crippen molar-refractivity contribution in [2.45, 2.75) is 73.0 Å². The summed E-state index contributed by atoms with van der Waals surface area (Å²) in [5.41, 5.74) is 10.3. The summed E-state index contributed by atoms with van der Waals surface area (Å²) in [5.74, 6) is -23.0. The van der Waals surface area contributed by atoms with Gasteiger partial charge in [0, 0.05) is 49.8 Å². The van der Waals surface area contributed by atoms with Crippen LogP contribution in [-0.4, -0.2) is 38.6 Å². The molecule has 2 fully saturated rings. The molecule has 2 aliphatic carbocycles. The summed E-state index contributed by atoms with van der Waals surface area (Å²) >= 11 is 0. The third-order valence-corrected chi connectivity index (χ3v) is 15.9. The van der Waals surface area contributed by atoms with Gasteiger partial charge < -0.3 is 15.0 Å². The van der Waals surface area contributed by atoms with Crippen molar-refractivity contribution in [2.75, 3.05) is 0 Å². The summed E-state index contributed by atoms with van der Waals surface area (Å²) in [4.78, 5) is 14.1. The summed E-state index contributed by atoms with van der Waals surface area (Å²) in [5, 5.41) is 0. The van der Waals surface area contributed by atoms with Gasteiger partial charge in [0.15, 0.2) is 0 Å². The van der Waals surface area contributed by atoms with Crippen LogP contribution in [0.4, 0.5) is 35.1 Å². The van der Waals surface area contributed by atoms with Crippen LogP contribution in [0.3, 0.4) is 0 Å². The zero-order chi connectivity index (χ0) is 55.2. The van der Waals surface area contributed by atoms with E-state index in [1.165, 1.54) is 18.5 Å². The number of nitrogens with zero attached hydrogens (tertiary/aromatic N) is 3. The molecule has 12 rings (SSSR count). The molecular formula is C69H48F8IrN3. The van der Waals surface area contributed by atoms with Gasteiger partial charge in [0.1, 0.15) is 0 Å². The molecule has 2 saturated carbocycles. The average molecular weight is 1260 g/mol. The van der Waals surface area contributed by atoms with E-state index in [0.717, 1.165) is 27.8 Å². The van der Waals surface area contributed by atoms with Crippen molar-refractivity contribution in [3.63, 3.8) is 0 Å². The number of hydrogen-bond acceptors (Lipinski definition) is 3. The van der Waals surface area contributed by atoms with Crippen molar-refractivity contribution in [1.29, 1.82) is 0 Å². The standard InChI is InChI=1S/C69H48F8N3.Ir/c70-66(71)37-58(50-29-31-63(78-41-50)47-17-7-2-8-18-47)60(39-68(66,74)75)53-33-52(34-54(35-53)61-40-69(76,77)67(72,73)38-59(61)51-30-32-64(79-42-51)48-19-9-3-10-20-48)55-23-13-14-24-56(55)62-43-80-65(49-21-11-4-12-22-49)36-57(62)46-27-25-45(26-28-46)44-15-5-1-6-16-44;/h1-17,19,21,23-36,41-43,58-61H,37-40H2;/q-3;+3. The van der Waals surface area contributed by atoms with Crippen molar-refractivity contribution < 1.29 is 55.2 Å². The van der Waals surface area contributed by atoms with Crippen molar-refractivity contribution in [2.24, 2.45) is 0 Å². The Morgan fingerprint density at radius 2 is 0.704 bits per heavy atom. The Bertz CT molecular complexity index is 3650. The molecule has 3 heterocycles. The van der Waals surface area contributed by atoms with Crippen LogP contribution in [0.15, 0.2) is 219 Å². The number of benzene rings is 7. The molecule has 0 spiro atoms. The molecular weight excluding hydrogens is 1210 g/mol. The molecule has 4 unspecified atom stereocenters. The van der Waals surface area contributed by atoms with Gasteiger partial charge in [0.05, 0.1) is 0 Å². The monoisotopic (exact) mass is 1260 g/mol. The van der Waals surface area contributed by atoms with Gasteiger partial charge in [-0.2, -0.15) is 35.1 Å². The van der Waals surface area contributed by atoms with E-state index in [1.807, 2.05) is 97.1 Å². The van der Waals surface area contributed by atoms with E-state index in [4.69, 9.17) is 4.98 Å². The average Bonchev–Trinajstić information content (AvgIpc) is 3.52. The topological polar surface area (TPSA) is 38.7 Å². The SMILES string of the molecule is FC1(F)CC(c2ccc(-c3[c-]cccc3)nc2)C(c2cc(-c3ccccc3-c3cnc(-c4[c-]cccc4)cc3-c3ccc(-c4ccccc4)cc3)cc(C3CC(F)(F)C(F)(F)CC3c3ccc(-c4[c-]cccc4)nc3)c2)CC1(F)F.[Ir+3]. The van der Waals surface area contributed by atoms with Crippen molar-refractivity contribution in [3.05, 3.63) is 259 Å². The molecule has 0 N–H and O–H groups in total. The molecule has 81 heavy (non-hydrogen) atoms. The Balaban J connectivity index is 0.00000690. The quantitative estimate of drug-likeness (QED) is 0.0957. The van der Waals surface area contributed by atoms with Crippen LogP contribution in [0.5, 0.6) is 0 Å². The fourth-order valence-corrected chi connectivity index (χ4v) is 11.7. The molecule has 0 aliphatic heterocycles. The minimum Gasteiger partial charge on any atom is -0.304 e. The smallest absolute Gasteiger partial charge is 0.304 e. The van der Waals surface area contributed by atoms with E-state index in [0.29, 0.717) is 50.5 Å². The second-order valence-corrected chi connectivity index (χ2v) is 20.8. The Labute approximate surface area is 478 Å². The summed E-state index contributed by atoms with van der Waals surface area (Å²) in [7, 11) is 0. The first-order valence-electron chi connectivity index (χ1n) is 26.4. The van der Waals surface area contributed by atoms with Crippen LogP contribution in [0.25, 0.3) is 78.3 Å². The number of hydrogen-bond donors (Lipinski definition) is 0. The second kappa shape index (κ2) is 22.2. The maximum Gasteiger partial charge on any atom is 3.00 e. The first kappa shape index (κ1) is 55.0. The van der Waals surface area contributed by atoms with Gasteiger partial charge in [0.2, 0.25) is 0 Å². The number of rotatable bonds is 11. The predicted molar refractivity (Wildman–Crippen MR) is 296 cm³/mol. The fraction of sp³-hybridized carbons (Fsp3) is 0.174. The molecule has 10 aromatic rings. The zero-order valence-electron chi connectivity index (χ0n) is 43.1. The van der Waals surface area contributed by atoms with Gasteiger partial charge in [-0.1, -0.05) is 127 Å². The molecule has 404 valence electrons. The molecule has 0 amide bonds. The predicted octanol–water partition coefficient (Wildman–Crippen LogP) is 18.8.